The van der Waals surface area contributed by atoms with Crippen LogP contribution in [0.5, 0.6) is 0 Å². The molecule has 5 nitrogen and oxygen atoms in total. The van der Waals surface area contributed by atoms with Gasteiger partial charge in [0.2, 0.25) is 0 Å². The Kier molecular flexibility index (Phi) is 3.93. The van der Waals surface area contributed by atoms with Crippen molar-refractivity contribution in [2.24, 2.45) is 5.92 Å². The molecule has 0 spiro atoms. The van der Waals surface area contributed by atoms with Crippen molar-refractivity contribution in [2.75, 3.05) is 5.73 Å². The summed E-state index contributed by atoms with van der Waals surface area (Å²) in [6, 6.07) is 0. The number of nitrogens with two attached hydrogens (primary N) is 1. The van der Waals surface area contributed by atoms with Gasteiger partial charge in [-0.05, 0) is 19.8 Å². The fourth-order valence-corrected chi connectivity index (χ4v) is 1.12. The van der Waals surface area contributed by atoms with Crippen molar-refractivity contribution in [3.8, 4) is 0 Å². The molecule has 1 atom stereocenters. The van der Waals surface area contributed by atoms with Crippen molar-refractivity contribution in [3.63, 3.8) is 0 Å². The van der Waals surface area contributed by atoms with E-state index in [0.29, 0.717) is 12.2 Å². The van der Waals surface area contributed by atoms with E-state index >= 15 is 0 Å². The SMILES string of the molecule is CCn1cc(N)c(C(=O)OC(C)C(C)C)n1. The fourth-order valence-electron chi connectivity index (χ4n) is 1.12. The Hall–Kier alpha value is -1.52. The molecular weight excluding hydrogens is 206 g/mol. The molecule has 1 aromatic heterocycles. The minimum atomic E-state index is -0.453. The Morgan fingerprint density at radius 1 is 1.56 bits per heavy atom. The van der Waals surface area contributed by atoms with Crippen LogP contribution in [-0.2, 0) is 11.3 Å². The largest absolute Gasteiger partial charge is 0.458 e. The Morgan fingerprint density at radius 3 is 2.62 bits per heavy atom. The van der Waals surface area contributed by atoms with Crippen LogP contribution in [0.2, 0.25) is 0 Å². The van der Waals surface area contributed by atoms with E-state index in [1.165, 1.54) is 0 Å². The van der Waals surface area contributed by atoms with E-state index < -0.39 is 5.97 Å². The molecule has 16 heavy (non-hydrogen) atoms. The summed E-state index contributed by atoms with van der Waals surface area (Å²) in [7, 11) is 0. The molecule has 1 rings (SSSR count). The molecule has 0 aliphatic carbocycles. The van der Waals surface area contributed by atoms with Crippen LogP contribution in [-0.4, -0.2) is 21.9 Å². The van der Waals surface area contributed by atoms with Gasteiger partial charge < -0.3 is 10.5 Å². The van der Waals surface area contributed by atoms with Crippen molar-refractivity contribution >= 4 is 11.7 Å². The van der Waals surface area contributed by atoms with E-state index in [1.807, 2.05) is 27.7 Å². The summed E-state index contributed by atoms with van der Waals surface area (Å²) in [6.07, 6.45) is 1.50. The number of esters is 1. The van der Waals surface area contributed by atoms with Gasteiger partial charge in [-0.25, -0.2) is 4.79 Å². The number of nitrogen functional groups attached to an aromatic ring is 1. The first kappa shape index (κ1) is 12.5. The molecule has 5 heteroatoms. The smallest absolute Gasteiger partial charge is 0.361 e. The molecule has 0 radical (unpaired) electrons. The molecule has 0 fully saturated rings. The van der Waals surface area contributed by atoms with Gasteiger partial charge in [-0.3, -0.25) is 4.68 Å². The molecule has 2 N–H and O–H groups in total. The third-order valence-corrected chi connectivity index (χ3v) is 2.54. The molecule has 1 heterocycles. The fraction of sp³-hybridized carbons (Fsp3) is 0.636. The number of hydrogen-bond acceptors (Lipinski definition) is 4. The lowest BCUT2D eigenvalue weighted by Crippen LogP contribution is -2.21. The zero-order valence-corrected chi connectivity index (χ0v) is 10.2. The van der Waals surface area contributed by atoms with E-state index in [2.05, 4.69) is 5.10 Å². The highest BCUT2D eigenvalue weighted by Gasteiger charge is 2.20. The molecule has 1 aromatic rings. The molecular formula is C11H19N3O2. The summed E-state index contributed by atoms with van der Waals surface area (Å²) < 4.78 is 6.86. The van der Waals surface area contributed by atoms with Gasteiger partial charge in [0.1, 0.15) is 6.10 Å². The molecule has 0 saturated carbocycles. The highest BCUT2D eigenvalue weighted by molar-refractivity contribution is 5.92. The third kappa shape index (κ3) is 2.74. The number of carbonyl (C=O) groups is 1. The normalized spacial score (nSPS) is 12.8. The lowest BCUT2D eigenvalue weighted by molar-refractivity contribution is 0.0231. The van der Waals surface area contributed by atoms with Gasteiger partial charge in [-0.2, -0.15) is 5.10 Å². The second kappa shape index (κ2) is 5.01. The van der Waals surface area contributed by atoms with Crippen LogP contribution in [0.1, 0.15) is 38.2 Å². The van der Waals surface area contributed by atoms with Gasteiger partial charge in [0, 0.05) is 12.7 Å². The average Bonchev–Trinajstić information content (AvgIpc) is 2.59. The predicted octanol–water partition coefficient (Wildman–Crippen LogP) is 1.69. The first-order valence-corrected chi connectivity index (χ1v) is 5.49. The van der Waals surface area contributed by atoms with Gasteiger partial charge in [-0.15, -0.1) is 0 Å². The molecule has 90 valence electrons. The van der Waals surface area contributed by atoms with Crippen molar-refractivity contribution in [2.45, 2.75) is 40.3 Å². The van der Waals surface area contributed by atoms with Gasteiger partial charge in [-0.1, -0.05) is 13.8 Å². The summed E-state index contributed by atoms with van der Waals surface area (Å²) in [4.78, 5) is 11.7. The molecule has 0 aliphatic heterocycles. The topological polar surface area (TPSA) is 70.1 Å². The van der Waals surface area contributed by atoms with Crippen LogP contribution in [0, 0.1) is 5.92 Å². The Labute approximate surface area is 95.6 Å². The standard InChI is InChI=1S/C11H19N3O2/c1-5-14-6-9(12)10(13-14)11(15)16-8(4)7(2)3/h6-8H,5,12H2,1-4H3. The van der Waals surface area contributed by atoms with E-state index in [4.69, 9.17) is 10.5 Å². The molecule has 0 aromatic carbocycles. The number of anilines is 1. The van der Waals surface area contributed by atoms with Crippen LogP contribution >= 0.6 is 0 Å². The summed E-state index contributed by atoms with van der Waals surface area (Å²) in [6.45, 7) is 8.45. The molecule has 1 unspecified atom stereocenters. The first-order valence-electron chi connectivity index (χ1n) is 5.49. The summed E-state index contributed by atoms with van der Waals surface area (Å²) in [5, 5.41) is 4.06. The van der Waals surface area contributed by atoms with Crippen molar-refractivity contribution in [3.05, 3.63) is 11.9 Å². The van der Waals surface area contributed by atoms with Crippen LogP contribution < -0.4 is 5.73 Å². The average molecular weight is 225 g/mol. The lowest BCUT2D eigenvalue weighted by Gasteiger charge is -2.15. The molecule has 0 amide bonds. The van der Waals surface area contributed by atoms with Crippen LogP contribution in [0.4, 0.5) is 5.69 Å². The second-order valence-corrected chi connectivity index (χ2v) is 4.14. The van der Waals surface area contributed by atoms with Crippen molar-refractivity contribution in [1.29, 1.82) is 0 Å². The first-order chi connectivity index (χ1) is 7.45. The van der Waals surface area contributed by atoms with Crippen LogP contribution in [0.25, 0.3) is 0 Å². The summed E-state index contributed by atoms with van der Waals surface area (Å²) in [5.74, 6) is -0.177. The van der Waals surface area contributed by atoms with Crippen molar-refractivity contribution in [1.82, 2.24) is 9.78 Å². The summed E-state index contributed by atoms with van der Waals surface area (Å²) >= 11 is 0. The maximum atomic E-state index is 11.7. The van der Waals surface area contributed by atoms with Gasteiger partial charge in [0.05, 0.1) is 5.69 Å². The quantitative estimate of drug-likeness (QED) is 0.791. The lowest BCUT2D eigenvalue weighted by atomic mass is 10.1. The number of aryl methyl sites for hydroxylation is 1. The number of ether oxygens (including phenoxy) is 1. The minimum Gasteiger partial charge on any atom is -0.458 e. The zero-order valence-electron chi connectivity index (χ0n) is 10.2. The van der Waals surface area contributed by atoms with Gasteiger partial charge in [0.15, 0.2) is 5.69 Å². The number of aromatic nitrogens is 2. The second-order valence-electron chi connectivity index (χ2n) is 4.14. The number of rotatable bonds is 4. The highest BCUT2D eigenvalue weighted by atomic mass is 16.5. The van der Waals surface area contributed by atoms with E-state index in [1.54, 1.807) is 10.9 Å². The maximum Gasteiger partial charge on any atom is 0.361 e. The Bertz CT molecular complexity index is 371. The molecule has 0 saturated heterocycles. The summed E-state index contributed by atoms with van der Waals surface area (Å²) in [5.41, 5.74) is 6.25. The Balaban J connectivity index is 2.76. The van der Waals surface area contributed by atoms with Gasteiger partial charge in [0.25, 0.3) is 0 Å². The predicted molar refractivity (Wildman–Crippen MR) is 62.0 cm³/mol. The van der Waals surface area contributed by atoms with E-state index in [0.717, 1.165) is 0 Å². The highest BCUT2D eigenvalue weighted by Crippen LogP contribution is 2.14. The van der Waals surface area contributed by atoms with Crippen LogP contribution in [0.15, 0.2) is 6.20 Å². The van der Waals surface area contributed by atoms with Crippen LogP contribution in [0.3, 0.4) is 0 Å². The number of carbonyl (C=O) groups excluding carboxylic acids is 1. The molecule has 0 bridgehead atoms. The van der Waals surface area contributed by atoms with E-state index in [9.17, 15) is 4.79 Å². The molecule has 0 aliphatic rings. The number of hydrogen-bond donors (Lipinski definition) is 1. The number of nitrogens with zero attached hydrogens (tertiary/aromatic N) is 2. The maximum absolute atomic E-state index is 11.7. The van der Waals surface area contributed by atoms with Gasteiger partial charge >= 0.3 is 5.97 Å². The Morgan fingerprint density at radius 2 is 2.19 bits per heavy atom. The minimum absolute atomic E-state index is 0.140. The van der Waals surface area contributed by atoms with Crippen molar-refractivity contribution < 1.29 is 9.53 Å². The monoisotopic (exact) mass is 225 g/mol. The van der Waals surface area contributed by atoms with E-state index in [-0.39, 0.29) is 17.7 Å². The zero-order chi connectivity index (χ0) is 12.3. The third-order valence-electron chi connectivity index (χ3n) is 2.54.